The number of benzene rings is 3. The number of carbonyl (C=O) groups is 1. The molecule has 0 saturated heterocycles. The second-order valence-electron chi connectivity index (χ2n) is 7.32. The van der Waals surface area contributed by atoms with Gasteiger partial charge in [0, 0.05) is 16.3 Å². The number of fused-ring (bicyclic) bond motifs is 1. The Morgan fingerprint density at radius 2 is 1.77 bits per heavy atom. The lowest BCUT2D eigenvalue weighted by atomic mass is 10.1. The number of anilines is 1. The highest BCUT2D eigenvalue weighted by Gasteiger charge is 2.30. The molecule has 3 aromatic carbocycles. The molecule has 2 N–H and O–H groups in total. The van der Waals surface area contributed by atoms with E-state index in [1.807, 2.05) is 24.3 Å². The van der Waals surface area contributed by atoms with E-state index in [2.05, 4.69) is 15.3 Å². The molecule has 30 heavy (non-hydrogen) atoms. The number of aromatic nitrogens is 2. The van der Waals surface area contributed by atoms with Crippen molar-refractivity contribution in [1.82, 2.24) is 9.97 Å². The Morgan fingerprint density at radius 3 is 2.50 bits per heavy atom. The van der Waals surface area contributed by atoms with Crippen LogP contribution in [0.5, 0.6) is 5.75 Å². The molecule has 1 amide bonds. The molecule has 4 rings (SSSR count). The normalized spacial score (nSPS) is 11.5. The maximum atomic E-state index is 12.9. The SMILES string of the molecule is CC(C)(Oc1ccc(Cl)cc1)C(=O)Nc1ccc(Cl)c(-c2nc3ccccc3[nH]2)c1. The minimum Gasteiger partial charge on any atom is -0.478 e. The molecule has 0 saturated carbocycles. The highest BCUT2D eigenvalue weighted by atomic mass is 35.5. The van der Waals surface area contributed by atoms with E-state index in [9.17, 15) is 4.79 Å². The molecule has 1 aromatic heterocycles. The number of aromatic amines is 1. The van der Waals surface area contributed by atoms with Crippen molar-refractivity contribution in [3.8, 4) is 17.1 Å². The summed E-state index contributed by atoms with van der Waals surface area (Å²) >= 11 is 12.3. The van der Waals surface area contributed by atoms with Gasteiger partial charge in [0.15, 0.2) is 5.60 Å². The highest BCUT2D eigenvalue weighted by Crippen LogP contribution is 2.31. The summed E-state index contributed by atoms with van der Waals surface area (Å²) in [5, 5.41) is 4.03. The molecular formula is C23H19Cl2N3O2. The first kappa shape index (κ1) is 20.3. The zero-order valence-corrected chi connectivity index (χ0v) is 17.9. The van der Waals surface area contributed by atoms with Gasteiger partial charge in [-0.2, -0.15) is 0 Å². The van der Waals surface area contributed by atoms with Crippen molar-refractivity contribution in [2.45, 2.75) is 19.4 Å². The number of nitrogens with one attached hydrogen (secondary N) is 2. The number of nitrogens with zero attached hydrogens (tertiary/aromatic N) is 1. The van der Waals surface area contributed by atoms with Crippen LogP contribution in [0.4, 0.5) is 5.69 Å². The monoisotopic (exact) mass is 439 g/mol. The number of carbonyl (C=O) groups excluding carboxylic acids is 1. The quantitative estimate of drug-likeness (QED) is 0.381. The van der Waals surface area contributed by atoms with E-state index in [4.69, 9.17) is 27.9 Å². The van der Waals surface area contributed by atoms with E-state index < -0.39 is 5.60 Å². The van der Waals surface area contributed by atoms with E-state index >= 15 is 0 Å². The van der Waals surface area contributed by atoms with E-state index in [0.29, 0.717) is 32.9 Å². The molecule has 1 heterocycles. The average Bonchev–Trinajstić information content (AvgIpc) is 3.15. The van der Waals surface area contributed by atoms with Crippen LogP contribution >= 0.6 is 23.2 Å². The molecule has 0 aliphatic rings. The molecular weight excluding hydrogens is 421 g/mol. The summed E-state index contributed by atoms with van der Waals surface area (Å²) in [6.45, 7) is 3.40. The molecule has 7 heteroatoms. The van der Waals surface area contributed by atoms with Gasteiger partial charge < -0.3 is 15.0 Å². The summed E-state index contributed by atoms with van der Waals surface area (Å²) in [6, 6.07) is 19.9. The van der Waals surface area contributed by atoms with E-state index in [0.717, 1.165) is 11.0 Å². The molecule has 0 spiro atoms. The third kappa shape index (κ3) is 4.27. The molecule has 152 valence electrons. The molecule has 4 aromatic rings. The lowest BCUT2D eigenvalue weighted by Crippen LogP contribution is -2.42. The third-order valence-corrected chi connectivity index (χ3v) is 5.18. The largest absolute Gasteiger partial charge is 0.478 e. The fraction of sp³-hybridized carbons (Fsp3) is 0.130. The van der Waals surface area contributed by atoms with E-state index in [1.54, 1.807) is 56.3 Å². The minimum atomic E-state index is -1.10. The van der Waals surface area contributed by atoms with Crippen molar-refractivity contribution in [3.63, 3.8) is 0 Å². The maximum Gasteiger partial charge on any atom is 0.267 e. The number of para-hydroxylation sites is 2. The van der Waals surface area contributed by atoms with Crippen molar-refractivity contribution in [3.05, 3.63) is 76.8 Å². The van der Waals surface area contributed by atoms with Crippen LogP contribution in [0.15, 0.2) is 66.7 Å². The second-order valence-corrected chi connectivity index (χ2v) is 8.16. The molecule has 0 unspecified atom stereocenters. The van der Waals surface area contributed by atoms with Crippen molar-refractivity contribution in [2.24, 2.45) is 0 Å². The number of hydrogen-bond acceptors (Lipinski definition) is 3. The summed E-state index contributed by atoms with van der Waals surface area (Å²) in [7, 11) is 0. The second kappa shape index (κ2) is 8.01. The van der Waals surface area contributed by atoms with Gasteiger partial charge in [0.1, 0.15) is 11.6 Å². The van der Waals surface area contributed by atoms with Crippen molar-refractivity contribution in [1.29, 1.82) is 0 Å². The first-order valence-electron chi connectivity index (χ1n) is 9.32. The highest BCUT2D eigenvalue weighted by molar-refractivity contribution is 6.33. The van der Waals surface area contributed by atoms with Gasteiger partial charge in [-0.3, -0.25) is 4.79 Å². The molecule has 0 fully saturated rings. The van der Waals surface area contributed by atoms with Crippen molar-refractivity contribution >= 4 is 45.8 Å². The number of ether oxygens (including phenoxy) is 1. The lowest BCUT2D eigenvalue weighted by Gasteiger charge is -2.25. The van der Waals surface area contributed by atoms with Crippen molar-refractivity contribution < 1.29 is 9.53 Å². The Balaban J connectivity index is 1.56. The zero-order chi connectivity index (χ0) is 21.3. The predicted molar refractivity (Wildman–Crippen MR) is 121 cm³/mol. The lowest BCUT2D eigenvalue weighted by molar-refractivity contribution is -0.128. The fourth-order valence-electron chi connectivity index (χ4n) is 2.99. The molecule has 0 aliphatic carbocycles. The topological polar surface area (TPSA) is 67.0 Å². The number of imidazole rings is 1. The first-order chi connectivity index (χ1) is 14.3. The standard InChI is InChI=1S/C23H19Cl2N3O2/c1-23(2,30-16-10-7-14(24)8-11-16)22(29)26-15-9-12-18(25)17(13-15)21-27-19-5-3-4-6-20(19)28-21/h3-13H,1-2H3,(H,26,29)(H,27,28). The molecule has 0 bridgehead atoms. The smallest absolute Gasteiger partial charge is 0.267 e. The Kier molecular flexibility index (Phi) is 5.41. The number of amides is 1. The van der Waals surface area contributed by atoms with Gasteiger partial charge in [-0.25, -0.2) is 4.98 Å². The van der Waals surface area contributed by atoms with E-state index in [1.165, 1.54) is 0 Å². The van der Waals surface area contributed by atoms with Crippen LogP contribution < -0.4 is 10.1 Å². The van der Waals surface area contributed by atoms with Gasteiger partial charge in [-0.1, -0.05) is 35.3 Å². The van der Waals surface area contributed by atoms with Crippen LogP contribution in [0.1, 0.15) is 13.8 Å². The van der Waals surface area contributed by atoms with Gasteiger partial charge in [0.2, 0.25) is 0 Å². The Labute approximate surface area is 184 Å². The van der Waals surface area contributed by atoms with Gasteiger partial charge >= 0.3 is 0 Å². The van der Waals surface area contributed by atoms with Crippen molar-refractivity contribution in [2.75, 3.05) is 5.32 Å². The predicted octanol–water partition coefficient (Wildman–Crippen LogP) is 6.33. The Hall–Kier alpha value is -3.02. The number of halogens is 2. The van der Waals surface area contributed by atoms with Gasteiger partial charge in [0.25, 0.3) is 5.91 Å². The molecule has 5 nitrogen and oxygen atoms in total. The summed E-state index contributed by atoms with van der Waals surface area (Å²) in [6.07, 6.45) is 0. The van der Waals surface area contributed by atoms with Crippen LogP contribution in [0.25, 0.3) is 22.4 Å². The van der Waals surface area contributed by atoms with Crippen LogP contribution in [0, 0.1) is 0 Å². The van der Waals surface area contributed by atoms with E-state index in [-0.39, 0.29) is 5.91 Å². The number of rotatable bonds is 5. The Morgan fingerprint density at radius 1 is 1.03 bits per heavy atom. The van der Waals surface area contributed by atoms with Crippen LogP contribution in [0.2, 0.25) is 10.0 Å². The van der Waals surface area contributed by atoms with Gasteiger partial charge in [-0.05, 0) is 68.4 Å². The number of H-pyrrole nitrogens is 1. The van der Waals surface area contributed by atoms with Crippen LogP contribution in [-0.4, -0.2) is 21.5 Å². The van der Waals surface area contributed by atoms with Crippen LogP contribution in [0.3, 0.4) is 0 Å². The summed E-state index contributed by atoms with van der Waals surface area (Å²) in [4.78, 5) is 20.7. The molecule has 0 radical (unpaired) electrons. The average molecular weight is 440 g/mol. The van der Waals surface area contributed by atoms with Crippen LogP contribution in [-0.2, 0) is 4.79 Å². The van der Waals surface area contributed by atoms with Gasteiger partial charge in [0.05, 0.1) is 16.1 Å². The molecule has 0 aliphatic heterocycles. The fourth-order valence-corrected chi connectivity index (χ4v) is 3.32. The summed E-state index contributed by atoms with van der Waals surface area (Å²) < 4.78 is 5.85. The Bertz CT molecular complexity index is 1180. The molecule has 0 atom stereocenters. The number of hydrogen-bond donors (Lipinski definition) is 2. The zero-order valence-electron chi connectivity index (χ0n) is 16.4. The van der Waals surface area contributed by atoms with Gasteiger partial charge in [-0.15, -0.1) is 0 Å². The minimum absolute atomic E-state index is 0.296. The maximum absolute atomic E-state index is 12.9. The first-order valence-corrected chi connectivity index (χ1v) is 10.1. The summed E-state index contributed by atoms with van der Waals surface area (Å²) in [5.74, 6) is 0.892. The summed E-state index contributed by atoms with van der Waals surface area (Å²) in [5.41, 5.74) is 1.94. The third-order valence-electron chi connectivity index (χ3n) is 4.60.